The van der Waals surface area contributed by atoms with Gasteiger partial charge in [0.25, 0.3) is 0 Å². The average Bonchev–Trinajstić information content (AvgIpc) is 3.55. The van der Waals surface area contributed by atoms with Crippen LogP contribution in [0.3, 0.4) is 0 Å². The van der Waals surface area contributed by atoms with Crippen LogP contribution < -0.4 is 4.90 Å². The van der Waals surface area contributed by atoms with Crippen LogP contribution in [-0.2, 0) is 6.42 Å². The van der Waals surface area contributed by atoms with Crippen LogP contribution >= 0.6 is 11.3 Å². The van der Waals surface area contributed by atoms with Crippen LogP contribution in [0.4, 0.5) is 17.1 Å². The zero-order chi connectivity index (χ0) is 34.0. The van der Waals surface area contributed by atoms with Gasteiger partial charge >= 0.3 is 0 Å². The lowest BCUT2D eigenvalue weighted by molar-refractivity contribution is 1.19. The summed E-state index contributed by atoms with van der Waals surface area (Å²) in [6.07, 6.45) is 2.77. The molecule has 242 valence electrons. The first-order valence-corrected chi connectivity index (χ1v) is 18.1. The number of fused-ring (bicyclic) bond motifs is 4. The van der Waals surface area contributed by atoms with E-state index in [1.54, 1.807) is 0 Å². The van der Waals surface area contributed by atoms with Gasteiger partial charge in [0, 0.05) is 31.5 Å². The third kappa shape index (κ3) is 6.32. The summed E-state index contributed by atoms with van der Waals surface area (Å²) in [5.74, 6) is 0. The molecule has 3 heteroatoms. The Morgan fingerprint density at radius 2 is 0.980 bits per heavy atom. The first kappa shape index (κ1) is 30.7. The summed E-state index contributed by atoms with van der Waals surface area (Å²) in [6, 6.07) is 67.2. The predicted octanol–water partition coefficient (Wildman–Crippen LogP) is 13.6. The number of hydrogen-bond acceptors (Lipinski definition) is 2. The van der Waals surface area contributed by atoms with Gasteiger partial charge in [-0.3, -0.25) is 0 Å². The molecule has 0 atom stereocenters. The van der Waals surface area contributed by atoms with Gasteiger partial charge in [-0.25, -0.2) is 4.99 Å². The van der Waals surface area contributed by atoms with E-state index in [-0.39, 0.29) is 0 Å². The van der Waals surface area contributed by atoms with Crippen LogP contribution in [0.5, 0.6) is 0 Å². The number of benzene rings is 8. The van der Waals surface area contributed by atoms with Crippen LogP contribution in [0.25, 0.3) is 53.2 Å². The van der Waals surface area contributed by atoms with E-state index in [2.05, 4.69) is 193 Å². The van der Waals surface area contributed by atoms with Crippen molar-refractivity contribution in [3.05, 3.63) is 199 Å². The van der Waals surface area contributed by atoms with Crippen molar-refractivity contribution in [2.75, 3.05) is 4.90 Å². The highest BCUT2D eigenvalue weighted by Gasteiger charge is 2.12. The number of rotatable bonds is 8. The topological polar surface area (TPSA) is 15.6 Å². The number of nitrogens with zero attached hydrogens (tertiary/aromatic N) is 2. The van der Waals surface area contributed by atoms with E-state index in [0.717, 1.165) is 23.5 Å². The fourth-order valence-electron chi connectivity index (χ4n) is 6.92. The standard InChI is InChI=1S/C48H34N2S/c1-3-11-35(12-4-1)37-20-24-42(25-21-37)50(43-26-22-38(23-27-43)36-13-5-2-6-14-36)33-49-46-18-10-9-17-41(46)29-34-19-28-44-45-31-39-15-7-8-16-40(39)32-48(45)51-47(44)30-34/h1-28,30-33H,29H2/b49-33+. The summed E-state index contributed by atoms with van der Waals surface area (Å²) in [6.45, 7) is 0. The van der Waals surface area contributed by atoms with Crippen molar-refractivity contribution in [3.8, 4) is 22.3 Å². The minimum absolute atomic E-state index is 0.803. The molecule has 0 aliphatic carbocycles. The molecule has 1 aromatic heterocycles. The largest absolute Gasteiger partial charge is 0.301 e. The highest BCUT2D eigenvalue weighted by Crippen LogP contribution is 2.38. The van der Waals surface area contributed by atoms with Gasteiger partial charge in [-0.05, 0) is 99.1 Å². The normalized spacial score (nSPS) is 11.5. The molecule has 1 heterocycles. The van der Waals surface area contributed by atoms with E-state index in [4.69, 9.17) is 4.99 Å². The van der Waals surface area contributed by atoms with Crippen molar-refractivity contribution >= 4 is 65.7 Å². The van der Waals surface area contributed by atoms with E-state index in [1.807, 2.05) is 17.7 Å². The van der Waals surface area contributed by atoms with Crippen LogP contribution in [-0.4, -0.2) is 6.34 Å². The van der Waals surface area contributed by atoms with Gasteiger partial charge in [0.1, 0.15) is 6.34 Å². The monoisotopic (exact) mass is 670 g/mol. The number of para-hydroxylation sites is 1. The molecule has 0 saturated heterocycles. The van der Waals surface area contributed by atoms with Crippen molar-refractivity contribution < 1.29 is 0 Å². The Morgan fingerprint density at radius 3 is 1.63 bits per heavy atom. The minimum Gasteiger partial charge on any atom is -0.301 e. The second-order valence-electron chi connectivity index (χ2n) is 12.9. The Hall–Kier alpha value is -6.29. The third-order valence-electron chi connectivity index (χ3n) is 9.61. The second-order valence-corrected chi connectivity index (χ2v) is 14.0. The first-order valence-electron chi connectivity index (χ1n) is 17.3. The zero-order valence-electron chi connectivity index (χ0n) is 28.0. The Morgan fingerprint density at radius 1 is 0.451 bits per heavy atom. The van der Waals surface area contributed by atoms with Gasteiger partial charge in [-0.2, -0.15) is 0 Å². The summed E-state index contributed by atoms with van der Waals surface area (Å²) >= 11 is 1.88. The Kier molecular flexibility index (Phi) is 8.17. The molecular formula is C48H34N2S. The molecule has 0 N–H and O–H groups in total. The van der Waals surface area contributed by atoms with Crippen LogP contribution in [0.15, 0.2) is 193 Å². The molecule has 51 heavy (non-hydrogen) atoms. The van der Waals surface area contributed by atoms with E-state index in [0.29, 0.717) is 0 Å². The summed E-state index contributed by atoms with van der Waals surface area (Å²) < 4.78 is 2.66. The van der Waals surface area contributed by atoms with E-state index in [9.17, 15) is 0 Å². The molecule has 0 aliphatic rings. The SMILES string of the molecule is C(=N\c1ccccc1Cc1ccc2c(c1)sc1cc3ccccc3cc12)/N(c1ccc(-c2ccccc2)cc1)c1ccc(-c2ccccc2)cc1. The predicted molar refractivity (Wildman–Crippen MR) is 220 cm³/mol. The highest BCUT2D eigenvalue weighted by atomic mass is 32.1. The van der Waals surface area contributed by atoms with Gasteiger partial charge < -0.3 is 4.90 Å². The molecule has 0 aliphatic heterocycles. The average molecular weight is 671 g/mol. The summed E-state index contributed by atoms with van der Waals surface area (Å²) in [5, 5.41) is 5.23. The van der Waals surface area contributed by atoms with E-state index in [1.165, 1.54) is 64.3 Å². The molecule has 8 aromatic carbocycles. The molecule has 9 rings (SSSR count). The smallest absolute Gasteiger partial charge is 0.100 e. The Bertz CT molecular complexity index is 2560. The molecule has 9 aromatic rings. The summed E-state index contributed by atoms with van der Waals surface area (Å²) in [5.41, 5.74) is 10.3. The van der Waals surface area contributed by atoms with Gasteiger partial charge in [0.05, 0.1) is 5.69 Å². The number of aliphatic imine (C=N–C) groups is 1. The molecule has 0 radical (unpaired) electrons. The van der Waals surface area contributed by atoms with Crippen molar-refractivity contribution in [3.63, 3.8) is 0 Å². The Labute approximate surface area is 302 Å². The highest BCUT2D eigenvalue weighted by molar-refractivity contribution is 7.25. The molecule has 0 amide bonds. The fraction of sp³-hybridized carbons (Fsp3) is 0.0208. The maximum absolute atomic E-state index is 5.15. The zero-order valence-corrected chi connectivity index (χ0v) is 28.8. The van der Waals surface area contributed by atoms with Crippen LogP contribution in [0.1, 0.15) is 11.1 Å². The molecule has 0 fully saturated rings. The fourth-order valence-corrected chi connectivity index (χ4v) is 8.12. The molecule has 0 spiro atoms. The number of thiophene rings is 1. The summed E-state index contributed by atoms with van der Waals surface area (Å²) in [4.78, 5) is 7.32. The van der Waals surface area contributed by atoms with Gasteiger partial charge in [0.15, 0.2) is 0 Å². The molecule has 0 unspecified atom stereocenters. The minimum atomic E-state index is 0.803. The van der Waals surface area contributed by atoms with E-state index < -0.39 is 0 Å². The van der Waals surface area contributed by atoms with Gasteiger partial charge in [-0.15, -0.1) is 11.3 Å². The second kappa shape index (κ2) is 13.5. The number of anilines is 2. The van der Waals surface area contributed by atoms with Crippen molar-refractivity contribution in [1.82, 2.24) is 0 Å². The lowest BCUT2D eigenvalue weighted by atomic mass is 10.0. The molecule has 0 saturated carbocycles. The lowest BCUT2D eigenvalue weighted by Crippen LogP contribution is -2.14. The lowest BCUT2D eigenvalue weighted by Gasteiger charge is -2.21. The first-order chi connectivity index (χ1) is 25.2. The quantitative estimate of drug-likeness (QED) is 0.116. The molecular weight excluding hydrogens is 637 g/mol. The molecule has 2 nitrogen and oxygen atoms in total. The maximum Gasteiger partial charge on any atom is 0.100 e. The van der Waals surface area contributed by atoms with Gasteiger partial charge in [-0.1, -0.05) is 140 Å². The van der Waals surface area contributed by atoms with Crippen LogP contribution in [0.2, 0.25) is 0 Å². The van der Waals surface area contributed by atoms with Crippen molar-refractivity contribution in [1.29, 1.82) is 0 Å². The van der Waals surface area contributed by atoms with Crippen molar-refractivity contribution in [2.45, 2.75) is 6.42 Å². The van der Waals surface area contributed by atoms with Crippen LogP contribution in [0, 0.1) is 0 Å². The Balaban J connectivity index is 1.04. The third-order valence-corrected chi connectivity index (χ3v) is 10.7. The maximum atomic E-state index is 5.15. The van der Waals surface area contributed by atoms with Gasteiger partial charge in [0.2, 0.25) is 0 Å². The number of hydrogen-bond donors (Lipinski definition) is 0. The summed E-state index contributed by atoms with van der Waals surface area (Å²) in [7, 11) is 0. The van der Waals surface area contributed by atoms with Crippen molar-refractivity contribution in [2.24, 2.45) is 4.99 Å². The molecule has 0 bridgehead atoms. The van der Waals surface area contributed by atoms with E-state index >= 15 is 0 Å².